The van der Waals surface area contributed by atoms with Crippen LogP contribution < -0.4 is 39.9 Å². The Kier molecular flexibility index (Phi) is 11.0. The molecule has 0 aromatic heterocycles. The number of halogens is 1. The first-order valence-corrected chi connectivity index (χ1v) is 12.6. The molecule has 3 aromatic carbocycles. The average molecular weight is 544 g/mol. The van der Waals surface area contributed by atoms with Gasteiger partial charge in [0, 0.05) is 12.8 Å². The van der Waals surface area contributed by atoms with Crippen LogP contribution in [0, 0.1) is 0 Å². The van der Waals surface area contributed by atoms with Crippen molar-refractivity contribution in [3.05, 3.63) is 103 Å². The van der Waals surface area contributed by atoms with E-state index in [4.69, 9.17) is 4.74 Å². The molecule has 0 aliphatic rings. The van der Waals surface area contributed by atoms with Crippen LogP contribution in [0.15, 0.2) is 103 Å². The van der Waals surface area contributed by atoms with Crippen molar-refractivity contribution in [3.63, 3.8) is 0 Å². The van der Waals surface area contributed by atoms with Gasteiger partial charge in [-0.1, -0.05) is 66.7 Å². The lowest BCUT2D eigenvalue weighted by Gasteiger charge is -2.27. The van der Waals surface area contributed by atoms with Crippen molar-refractivity contribution < 1.29 is 33.5 Å². The van der Waals surface area contributed by atoms with Crippen LogP contribution in [-0.2, 0) is 9.53 Å². The maximum Gasteiger partial charge on any atom is 0.306 e. The molecule has 0 aliphatic carbocycles. The second-order valence-electron chi connectivity index (χ2n) is 7.14. The molecule has 0 unspecified atom stereocenters. The van der Waals surface area contributed by atoms with Crippen LogP contribution in [0.25, 0.3) is 0 Å². The molecule has 0 amide bonds. The molecule has 0 N–H and O–H groups in total. The van der Waals surface area contributed by atoms with Crippen LogP contribution >= 0.6 is 7.26 Å². The highest BCUT2D eigenvalue weighted by Gasteiger charge is 2.44. The van der Waals surface area contributed by atoms with Gasteiger partial charge < -0.3 is 28.7 Å². The van der Waals surface area contributed by atoms with Gasteiger partial charge in [0.25, 0.3) is 0 Å². The number of carbonyl (C=O) groups excluding carboxylic acids is 1. The van der Waals surface area contributed by atoms with Crippen molar-refractivity contribution in [3.8, 4) is 0 Å². The highest BCUT2D eigenvalue weighted by Crippen LogP contribution is 2.55. The van der Waals surface area contributed by atoms with Gasteiger partial charge in [-0.25, -0.2) is 0 Å². The Labute approximate surface area is 204 Å². The molecule has 0 saturated heterocycles. The second kappa shape index (κ2) is 13.4. The molecule has 0 bridgehead atoms. The van der Waals surface area contributed by atoms with Crippen molar-refractivity contribution in [2.24, 2.45) is 0 Å². The molecule has 0 aliphatic heterocycles. The molecule has 3 rings (SSSR count). The van der Waals surface area contributed by atoms with Gasteiger partial charge in [-0.15, -0.1) is 0 Å². The molecular formula is C27H30IO2P. The monoisotopic (exact) mass is 544 g/mol. The smallest absolute Gasteiger partial charge is 0.306 e. The van der Waals surface area contributed by atoms with E-state index in [2.05, 4.69) is 103 Å². The lowest BCUT2D eigenvalue weighted by Crippen LogP contribution is -3.00. The van der Waals surface area contributed by atoms with Crippen molar-refractivity contribution in [2.45, 2.75) is 26.2 Å². The fourth-order valence-electron chi connectivity index (χ4n) is 3.82. The van der Waals surface area contributed by atoms with Crippen LogP contribution in [0.1, 0.15) is 26.2 Å². The lowest BCUT2D eigenvalue weighted by atomic mass is 10.3. The Balaban J connectivity index is 0.00000341. The van der Waals surface area contributed by atoms with Gasteiger partial charge in [0.05, 0.1) is 12.8 Å². The maximum absolute atomic E-state index is 11.5. The van der Waals surface area contributed by atoms with E-state index < -0.39 is 7.26 Å². The van der Waals surface area contributed by atoms with Crippen molar-refractivity contribution >= 4 is 29.1 Å². The van der Waals surface area contributed by atoms with Crippen LogP contribution in [-0.4, -0.2) is 18.7 Å². The van der Waals surface area contributed by atoms with Gasteiger partial charge >= 0.3 is 5.97 Å². The van der Waals surface area contributed by atoms with E-state index in [1.165, 1.54) is 15.9 Å². The lowest BCUT2D eigenvalue weighted by molar-refractivity contribution is -0.143. The van der Waals surface area contributed by atoms with Gasteiger partial charge in [-0.3, -0.25) is 4.79 Å². The van der Waals surface area contributed by atoms with Gasteiger partial charge in [-0.2, -0.15) is 0 Å². The molecule has 4 heteroatoms. The summed E-state index contributed by atoms with van der Waals surface area (Å²) in [6.45, 7) is 2.29. The summed E-state index contributed by atoms with van der Waals surface area (Å²) in [5, 5.41) is 4.21. The molecule has 3 aromatic rings. The molecule has 0 spiro atoms. The number of hydrogen-bond donors (Lipinski definition) is 0. The second-order valence-corrected chi connectivity index (χ2v) is 10.8. The predicted molar refractivity (Wildman–Crippen MR) is 130 cm³/mol. The topological polar surface area (TPSA) is 26.3 Å². The third-order valence-electron chi connectivity index (χ3n) is 5.21. The highest BCUT2D eigenvalue weighted by atomic mass is 127. The van der Waals surface area contributed by atoms with Gasteiger partial charge in [0.1, 0.15) is 23.2 Å². The number of carbonyl (C=O) groups is 1. The first kappa shape index (κ1) is 25.3. The summed E-state index contributed by atoms with van der Waals surface area (Å²) in [6, 6.07) is 32.8. The molecule has 0 heterocycles. The predicted octanol–water partition coefficient (Wildman–Crippen LogP) is 2.27. The number of rotatable bonds is 10. The fourth-order valence-corrected chi connectivity index (χ4v) is 8.07. The first-order valence-electron chi connectivity index (χ1n) is 10.6. The Morgan fingerprint density at radius 1 is 0.742 bits per heavy atom. The Bertz CT molecular complexity index is 831. The zero-order chi connectivity index (χ0) is 21.1. The Morgan fingerprint density at radius 3 is 1.58 bits per heavy atom. The molecular weight excluding hydrogens is 514 g/mol. The van der Waals surface area contributed by atoms with E-state index in [-0.39, 0.29) is 29.9 Å². The summed E-state index contributed by atoms with van der Waals surface area (Å²) in [7, 11) is -1.77. The van der Waals surface area contributed by atoms with E-state index >= 15 is 0 Å². The number of hydrogen-bond acceptors (Lipinski definition) is 2. The minimum Gasteiger partial charge on any atom is -1.00 e. The molecule has 162 valence electrons. The van der Waals surface area contributed by atoms with Crippen LogP contribution in [0.2, 0.25) is 0 Å². The molecule has 2 nitrogen and oxygen atoms in total. The van der Waals surface area contributed by atoms with Gasteiger partial charge in [-0.05, 0) is 49.7 Å². The molecule has 0 atom stereocenters. The minimum absolute atomic E-state index is 0. The quantitative estimate of drug-likeness (QED) is 0.170. The fraction of sp³-hybridized carbons (Fsp3) is 0.222. The van der Waals surface area contributed by atoms with E-state index in [1.807, 2.05) is 6.92 Å². The summed E-state index contributed by atoms with van der Waals surface area (Å²) >= 11 is 0. The van der Waals surface area contributed by atoms with Crippen LogP contribution in [0.3, 0.4) is 0 Å². The summed E-state index contributed by atoms with van der Waals surface area (Å²) in [5.74, 6) is -0.123. The largest absolute Gasteiger partial charge is 1.00 e. The maximum atomic E-state index is 11.5. The van der Waals surface area contributed by atoms with Gasteiger partial charge in [0.15, 0.2) is 0 Å². The molecule has 0 fully saturated rings. The SMILES string of the molecule is CCOC(=O)CC/C=C\CC[P+](c1ccccc1)(c1ccccc1)c1ccccc1.[I-]. The van der Waals surface area contributed by atoms with Gasteiger partial charge in [0.2, 0.25) is 0 Å². The minimum atomic E-state index is -1.77. The third kappa shape index (κ3) is 6.75. The zero-order valence-corrected chi connectivity index (χ0v) is 21.0. The normalized spacial score (nSPS) is 11.1. The van der Waals surface area contributed by atoms with Crippen molar-refractivity contribution in [2.75, 3.05) is 12.8 Å². The average Bonchev–Trinajstić information content (AvgIpc) is 2.81. The van der Waals surface area contributed by atoms with E-state index in [0.29, 0.717) is 13.0 Å². The van der Waals surface area contributed by atoms with Crippen LogP contribution in [0.4, 0.5) is 0 Å². The Morgan fingerprint density at radius 2 is 1.16 bits per heavy atom. The molecule has 0 saturated carbocycles. The summed E-state index contributed by atoms with van der Waals surface area (Å²) in [6.07, 6.45) is 7.54. The first-order chi connectivity index (χ1) is 14.8. The standard InChI is InChI=1S/C27H30O2P.HI/c1-2-29-27(28)22-14-3-4-15-23-30(24-16-8-5-9-17-24,25-18-10-6-11-19-25)26-20-12-7-13-21-26;/h3-13,16-21H,2,14-15,22-23H2,1H3;1H/q+1;/p-1/b4-3-;. The number of benzene rings is 3. The Hall–Kier alpha value is -1.97. The summed E-state index contributed by atoms with van der Waals surface area (Å²) < 4.78 is 5.01. The van der Waals surface area contributed by atoms with Crippen LogP contribution in [0.5, 0.6) is 0 Å². The van der Waals surface area contributed by atoms with E-state index in [0.717, 1.165) is 19.0 Å². The highest BCUT2D eigenvalue weighted by molar-refractivity contribution is 7.95. The zero-order valence-electron chi connectivity index (χ0n) is 18.0. The summed E-state index contributed by atoms with van der Waals surface area (Å²) in [5.41, 5.74) is 0. The molecule has 0 radical (unpaired) electrons. The van der Waals surface area contributed by atoms with Crippen molar-refractivity contribution in [1.29, 1.82) is 0 Å². The summed E-state index contributed by atoms with van der Waals surface area (Å²) in [4.78, 5) is 11.5. The van der Waals surface area contributed by atoms with E-state index in [1.54, 1.807) is 0 Å². The molecule has 31 heavy (non-hydrogen) atoms. The van der Waals surface area contributed by atoms with E-state index in [9.17, 15) is 4.79 Å². The van der Waals surface area contributed by atoms with Crippen molar-refractivity contribution in [1.82, 2.24) is 0 Å². The number of esters is 1. The number of allylic oxidation sites excluding steroid dienone is 2. The third-order valence-corrected chi connectivity index (χ3v) is 9.68. The number of ether oxygens (including phenoxy) is 1.